The van der Waals surface area contributed by atoms with Gasteiger partial charge in [0.15, 0.2) is 30.6 Å². The summed E-state index contributed by atoms with van der Waals surface area (Å²) in [5, 5.41) is 0. The fraction of sp³-hybridized carbons (Fsp3) is 0.198. The van der Waals surface area contributed by atoms with Gasteiger partial charge in [0.05, 0.1) is 0 Å². The topological polar surface area (TPSA) is 54.2 Å². The van der Waals surface area contributed by atoms with Gasteiger partial charge in [0.25, 0.3) is 0 Å². The van der Waals surface area contributed by atoms with Crippen LogP contribution in [0.2, 0.25) is 0 Å². The van der Waals surface area contributed by atoms with Crippen LogP contribution in [0.3, 0.4) is 0 Å². The van der Waals surface area contributed by atoms with Gasteiger partial charge in [-0.2, -0.15) is 0 Å². The Labute approximate surface area is 532 Å². The molecule has 0 N–H and O–H groups in total. The van der Waals surface area contributed by atoms with Gasteiger partial charge >= 0.3 is 0 Å². The summed E-state index contributed by atoms with van der Waals surface area (Å²) in [4.78, 5) is 13.2. The summed E-state index contributed by atoms with van der Waals surface area (Å²) in [6.07, 6.45) is 7.11. The van der Waals surface area contributed by atoms with Crippen molar-refractivity contribution in [2.75, 3.05) is 0 Å². The van der Waals surface area contributed by atoms with Gasteiger partial charge in [0.1, 0.15) is 39.8 Å². The van der Waals surface area contributed by atoms with E-state index in [2.05, 4.69) is 252 Å². The monoisotopic (exact) mass is 1160 g/mol. The molecule has 7 heteroatoms. The van der Waals surface area contributed by atoms with E-state index in [0.29, 0.717) is 11.1 Å². The normalized spacial score (nSPS) is 12.2. The summed E-state index contributed by atoms with van der Waals surface area (Å²) < 4.78 is 54.6. The molecule has 0 saturated carbocycles. The van der Waals surface area contributed by atoms with Crippen LogP contribution in [0.1, 0.15) is 85.5 Å². The van der Waals surface area contributed by atoms with Crippen LogP contribution in [0.15, 0.2) is 243 Å². The van der Waals surface area contributed by atoms with Crippen LogP contribution in [0.25, 0.3) is 89.8 Å². The number of rotatable bonds is 10. The molecule has 0 radical (unpaired) electrons. The molecule has 0 aliphatic carbocycles. The molecule has 0 bridgehead atoms. The van der Waals surface area contributed by atoms with Crippen LogP contribution >= 0.6 is 0 Å². The molecule has 88 heavy (non-hydrogen) atoms. The molecular formula is C81H85N7+4. The summed E-state index contributed by atoms with van der Waals surface area (Å²) in [6, 6.07) is 73.6. The molecule has 7 nitrogen and oxygen atoms in total. The second-order valence-electron chi connectivity index (χ2n) is 22.6. The summed E-state index contributed by atoms with van der Waals surface area (Å²) in [5.74, 6) is 1.65. The standard InChI is InChI=1S/C22H24N.C21H22N.C20H20N.C18H19N4/c1-16(2)18-9-11-19(12-10-18)20-13-14-22(23(4)15-20)21-8-6-5-7-17(21)3;1-4-17-9-11-18(12-10-17)19-13-14-21(22(3)15-19)20-8-6-5-7-16(20)2;1-15-8-10-17(11-9-15)18-12-13-20(21(3)14-18)19-7-5-4-6-16(19)2;1-12-7-5-6-8-16(12)17-11-15(9-10-22(17)4)18-20-13(2)19-14(3)21-18/h5-16H,1-4H3;5-15H,4H2,1-3H3;4-14H,1-3H3;5-11H,1-4H3/q4*+1/i16D;4D2;1D3;. The fourth-order valence-corrected chi connectivity index (χ4v) is 10.8. The Bertz CT molecular complexity index is 4230. The minimum absolute atomic E-state index is 0.368. The van der Waals surface area contributed by atoms with E-state index in [-0.39, 0.29) is 0 Å². The van der Waals surface area contributed by atoms with Gasteiger partial charge in [-0.3, -0.25) is 0 Å². The van der Waals surface area contributed by atoms with Crippen molar-refractivity contribution in [3.8, 4) is 89.8 Å². The third-order valence-electron chi connectivity index (χ3n) is 15.9. The molecule has 12 rings (SSSR count). The Morgan fingerprint density at radius 3 is 1.09 bits per heavy atom. The highest BCUT2D eigenvalue weighted by Crippen LogP contribution is 2.29. The molecule has 0 amide bonds. The molecule has 5 aromatic heterocycles. The zero-order valence-corrected chi connectivity index (χ0v) is 53.2. The van der Waals surface area contributed by atoms with Crippen LogP contribution in [0.4, 0.5) is 0 Å². The minimum Gasteiger partial charge on any atom is -0.219 e. The maximum atomic E-state index is 8.12. The Balaban J connectivity index is 0.000000148. The van der Waals surface area contributed by atoms with Crippen LogP contribution < -0.4 is 18.3 Å². The molecule has 0 aliphatic rings. The maximum absolute atomic E-state index is 8.12. The summed E-state index contributed by atoms with van der Waals surface area (Å²) in [5.41, 5.74) is 24.4. The Morgan fingerprint density at radius 2 is 0.739 bits per heavy atom. The first-order valence-electron chi connectivity index (χ1n) is 32.9. The van der Waals surface area contributed by atoms with Gasteiger partial charge in [-0.05, 0) is 153 Å². The van der Waals surface area contributed by atoms with Crippen molar-refractivity contribution in [3.63, 3.8) is 0 Å². The fourth-order valence-electron chi connectivity index (χ4n) is 10.8. The molecule has 0 spiro atoms. The lowest BCUT2D eigenvalue weighted by atomic mass is 9.98. The average Bonchev–Trinajstić information content (AvgIpc) is 0.829. The van der Waals surface area contributed by atoms with Crippen LogP contribution in [-0.2, 0) is 34.6 Å². The van der Waals surface area contributed by atoms with Gasteiger partial charge in [0.2, 0.25) is 22.8 Å². The molecule has 5 heterocycles. The van der Waals surface area contributed by atoms with Gasteiger partial charge in [-0.25, -0.2) is 33.2 Å². The van der Waals surface area contributed by atoms with Crippen molar-refractivity contribution < 1.29 is 26.5 Å². The van der Waals surface area contributed by atoms with Gasteiger partial charge in [-0.1, -0.05) is 172 Å². The van der Waals surface area contributed by atoms with Crippen molar-refractivity contribution in [3.05, 3.63) is 294 Å². The second kappa shape index (κ2) is 29.0. The molecule has 0 saturated heterocycles. The molecule has 0 unspecified atom stereocenters. The Kier molecular flexibility index (Phi) is 18.1. The lowest BCUT2D eigenvalue weighted by molar-refractivity contribution is -0.660. The molecule has 12 aromatic rings. The zero-order chi connectivity index (χ0) is 67.6. The molecule has 7 aromatic carbocycles. The SMILES string of the molecule is Cc1nc(C)nc(-c2cc[n+](C)c(-c3ccccc3C)c2)n1.[2H]C(C)(C)c1ccc(-c2ccc(-c3ccccc3C)[n+](C)c2)cc1.[2H]C([2H])(C)c1ccc(-c2ccc(-c3ccccc3C)[n+](C)c2)cc1.[2H]C([2H])([2H])c1ccc(-c2ccc(-c3ccccc3C)[n+](C)c2)cc1. The van der Waals surface area contributed by atoms with Crippen molar-refractivity contribution in [1.82, 2.24) is 15.0 Å². The molecule has 440 valence electrons. The number of pyridine rings is 4. The number of aromatic nitrogens is 7. The molecular weight excluding hydrogens is 1070 g/mol. The van der Waals surface area contributed by atoms with E-state index >= 15 is 0 Å². The van der Waals surface area contributed by atoms with Crippen LogP contribution in [-0.4, -0.2) is 15.0 Å². The molecule has 0 fully saturated rings. The van der Waals surface area contributed by atoms with E-state index in [4.69, 9.17) is 8.22 Å². The summed E-state index contributed by atoms with van der Waals surface area (Å²) in [6.45, 7) is 15.6. The van der Waals surface area contributed by atoms with Crippen LogP contribution in [0.5, 0.6) is 0 Å². The predicted octanol–water partition coefficient (Wildman–Crippen LogP) is 17.4. The van der Waals surface area contributed by atoms with Crippen molar-refractivity contribution in [2.45, 2.75) is 81.4 Å². The largest absolute Gasteiger partial charge is 0.219 e. The highest BCUT2D eigenvalue weighted by molar-refractivity contribution is 5.70. The lowest BCUT2D eigenvalue weighted by Gasteiger charge is -2.08. The first kappa shape index (κ1) is 54.8. The van der Waals surface area contributed by atoms with Crippen molar-refractivity contribution in [1.29, 1.82) is 0 Å². The van der Waals surface area contributed by atoms with E-state index in [1.165, 1.54) is 67.0 Å². The maximum Gasteiger partial charge on any atom is 0.213 e. The Hall–Kier alpha value is -9.85. The van der Waals surface area contributed by atoms with Gasteiger partial charge < -0.3 is 0 Å². The second-order valence-corrected chi connectivity index (χ2v) is 22.6. The molecule has 0 aliphatic heterocycles. The van der Waals surface area contributed by atoms with E-state index < -0.39 is 19.1 Å². The van der Waals surface area contributed by atoms with E-state index in [1.54, 1.807) is 19.1 Å². The van der Waals surface area contributed by atoms with Crippen molar-refractivity contribution >= 4 is 0 Å². The molecule has 0 atom stereocenters. The van der Waals surface area contributed by atoms with Gasteiger partial charge in [0, 0.05) is 83.1 Å². The summed E-state index contributed by atoms with van der Waals surface area (Å²) >= 11 is 0. The summed E-state index contributed by atoms with van der Waals surface area (Å²) in [7, 11) is 8.23. The lowest BCUT2D eigenvalue weighted by Crippen LogP contribution is -2.30. The third-order valence-corrected chi connectivity index (χ3v) is 15.9. The third kappa shape index (κ3) is 15.6. The number of nitrogens with zero attached hydrogens (tertiary/aromatic N) is 7. The van der Waals surface area contributed by atoms with Crippen molar-refractivity contribution in [2.24, 2.45) is 28.2 Å². The first-order valence-corrected chi connectivity index (χ1v) is 29.9. The van der Waals surface area contributed by atoms with E-state index in [0.717, 1.165) is 62.2 Å². The Morgan fingerprint density at radius 1 is 0.386 bits per heavy atom. The smallest absolute Gasteiger partial charge is 0.213 e. The average molecular weight is 1160 g/mol. The minimum atomic E-state index is -2.06. The quantitative estimate of drug-likeness (QED) is 0.128. The number of hydrogen-bond acceptors (Lipinski definition) is 3. The number of hydrogen-bond donors (Lipinski definition) is 0. The van der Waals surface area contributed by atoms with E-state index in [1.807, 2.05) is 95.5 Å². The highest BCUT2D eigenvalue weighted by atomic mass is 15.0. The first-order chi connectivity index (χ1) is 44.6. The van der Waals surface area contributed by atoms with E-state index in [9.17, 15) is 0 Å². The number of benzene rings is 7. The van der Waals surface area contributed by atoms with Gasteiger partial charge in [-0.15, -0.1) is 0 Å². The zero-order valence-electron chi connectivity index (χ0n) is 59.2. The van der Waals surface area contributed by atoms with Crippen LogP contribution in [0, 0.1) is 48.4 Å². The highest BCUT2D eigenvalue weighted by Gasteiger charge is 2.18. The number of aryl methyl sites for hydroxylation is 12. The predicted molar refractivity (Wildman–Crippen MR) is 364 cm³/mol.